The van der Waals surface area contributed by atoms with Crippen LogP contribution in [0.25, 0.3) is 11.1 Å². The third-order valence-electron chi connectivity index (χ3n) is 3.49. The summed E-state index contributed by atoms with van der Waals surface area (Å²) in [5, 5.41) is 0. The Kier molecular flexibility index (Phi) is 4.13. The number of rotatable bonds is 4. The maximum Gasteiger partial charge on any atom is 0.148 e. The zero-order valence-corrected chi connectivity index (χ0v) is 11.9. The van der Waals surface area contributed by atoms with Gasteiger partial charge in [0.05, 0.1) is 11.4 Å². The van der Waals surface area contributed by atoms with Crippen molar-refractivity contribution in [3.05, 3.63) is 42.2 Å². The molecule has 0 amide bonds. The molecule has 0 heterocycles. The summed E-state index contributed by atoms with van der Waals surface area (Å²) >= 11 is 0. The maximum absolute atomic E-state index is 13.6. The van der Waals surface area contributed by atoms with Gasteiger partial charge in [-0.15, -0.1) is 0 Å². The van der Waals surface area contributed by atoms with Crippen LogP contribution in [-0.2, 0) is 0 Å². The predicted molar refractivity (Wildman–Crippen MR) is 84.2 cm³/mol. The van der Waals surface area contributed by atoms with E-state index in [1.165, 1.54) is 6.07 Å². The van der Waals surface area contributed by atoms with Gasteiger partial charge in [-0.2, -0.15) is 0 Å². The average Bonchev–Trinajstić information content (AvgIpc) is 2.46. The van der Waals surface area contributed by atoms with Crippen LogP contribution in [0.15, 0.2) is 36.4 Å². The number of hydrogen-bond donors (Lipinski definition) is 2. The average molecular weight is 273 g/mol. The molecule has 0 atom stereocenters. The van der Waals surface area contributed by atoms with Gasteiger partial charge in [-0.25, -0.2) is 4.39 Å². The van der Waals surface area contributed by atoms with E-state index in [2.05, 4.69) is 18.7 Å². The highest BCUT2D eigenvalue weighted by molar-refractivity contribution is 5.75. The number of nitrogens with zero attached hydrogens (tertiary/aromatic N) is 1. The summed E-state index contributed by atoms with van der Waals surface area (Å²) in [5.74, 6) is -0.479. The Bertz CT molecular complexity index is 566. The zero-order valence-electron chi connectivity index (χ0n) is 11.9. The molecule has 0 aliphatic heterocycles. The number of benzene rings is 2. The van der Waals surface area contributed by atoms with Crippen molar-refractivity contribution >= 4 is 17.1 Å². The lowest BCUT2D eigenvalue weighted by atomic mass is 10.0. The number of hydrogen-bond acceptors (Lipinski definition) is 3. The molecule has 0 radical (unpaired) electrons. The van der Waals surface area contributed by atoms with Crippen LogP contribution in [0.4, 0.5) is 21.5 Å². The molecule has 2 aromatic carbocycles. The lowest BCUT2D eigenvalue weighted by Crippen LogP contribution is -2.21. The van der Waals surface area contributed by atoms with Crippen molar-refractivity contribution in [1.29, 1.82) is 0 Å². The van der Waals surface area contributed by atoms with E-state index in [9.17, 15) is 4.39 Å². The molecule has 0 aliphatic carbocycles. The molecule has 3 nitrogen and oxygen atoms in total. The highest BCUT2D eigenvalue weighted by Crippen LogP contribution is 2.29. The summed E-state index contributed by atoms with van der Waals surface area (Å²) in [6.07, 6.45) is 0. The first-order chi connectivity index (χ1) is 9.56. The molecule has 2 rings (SSSR count). The fourth-order valence-corrected chi connectivity index (χ4v) is 2.26. The Morgan fingerprint density at radius 3 is 2.05 bits per heavy atom. The minimum Gasteiger partial charge on any atom is -0.397 e. The van der Waals surface area contributed by atoms with Gasteiger partial charge in [-0.3, -0.25) is 0 Å². The van der Waals surface area contributed by atoms with Crippen LogP contribution in [0.3, 0.4) is 0 Å². The second-order valence-electron chi connectivity index (χ2n) is 4.68. The molecule has 0 saturated carbocycles. The highest BCUT2D eigenvalue weighted by atomic mass is 19.1. The van der Waals surface area contributed by atoms with Crippen molar-refractivity contribution in [1.82, 2.24) is 0 Å². The molecule has 0 fully saturated rings. The lowest BCUT2D eigenvalue weighted by Gasteiger charge is -2.21. The Morgan fingerprint density at radius 2 is 1.55 bits per heavy atom. The molecular weight excluding hydrogens is 253 g/mol. The van der Waals surface area contributed by atoms with E-state index in [1.807, 2.05) is 24.3 Å². The van der Waals surface area contributed by atoms with Gasteiger partial charge < -0.3 is 16.4 Å². The first-order valence-electron chi connectivity index (χ1n) is 6.76. The van der Waals surface area contributed by atoms with E-state index >= 15 is 0 Å². The van der Waals surface area contributed by atoms with Crippen LogP contribution in [0.1, 0.15) is 13.8 Å². The molecule has 0 unspecified atom stereocenters. The molecule has 0 aromatic heterocycles. The van der Waals surface area contributed by atoms with Gasteiger partial charge in [0.15, 0.2) is 0 Å². The topological polar surface area (TPSA) is 55.3 Å². The van der Waals surface area contributed by atoms with E-state index in [-0.39, 0.29) is 11.4 Å². The lowest BCUT2D eigenvalue weighted by molar-refractivity contribution is 0.633. The number of nitrogens with two attached hydrogens (primary N) is 2. The van der Waals surface area contributed by atoms with Gasteiger partial charge in [-0.05, 0) is 49.2 Å². The Morgan fingerprint density at radius 1 is 0.950 bits per heavy atom. The highest BCUT2D eigenvalue weighted by Gasteiger charge is 2.08. The van der Waals surface area contributed by atoms with Crippen LogP contribution < -0.4 is 16.4 Å². The summed E-state index contributed by atoms with van der Waals surface area (Å²) in [6.45, 7) is 6.15. The third kappa shape index (κ3) is 2.69. The van der Waals surface area contributed by atoms with Crippen LogP contribution >= 0.6 is 0 Å². The summed E-state index contributed by atoms with van der Waals surface area (Å²) in [5.41, 5.74) is 14.3. The fraction of sp³-hybridized carbons (Fsp3) is 0.250. The molecule has 0 spiro atoms. The molecule has 4 heteroatoms. The fourth-order valence-electron chi connectivity index (χ4n) is 2.26. The molecule has 0 saturated heterocycles. The number of halogens is 1. The Hall–Kier alpha value is -2.23. The quantitative estimate of drug-likeness (QED) is 0.838. The molecule has 4 N–H and O–H groups in total. The molecule has 2 aromatic rings. The largest absolute Gasteiger partial charge is 0.397 e. The van der Waals surface area contributed by atoms with E-state index < -0.39 is 5.82 Å². The Balaban J connectivity index is 2.35. The van der Waals surface area contributed by atoms with Crippen LogP contribution in [0.5, 0.6) is 0 Å². The third-order valence-corrected chi connectivity index (χ3v) is 3.49. The SMILES string of the molecule is CCN(CC)c1ccc(-c2cc(N)c(N)c(F)c2)cc1. The first-order valence-corrected chi connectivity index (χ1v) is 6.76. The summed E-state index contributed by atoms with van der Waals surface area (Å²) in [7, 11) is 0. The standard InChI is InChI=1S/C16H20FN3/c1-3-20(4-2)13-7-5-11(6-8-13)12-9-14(17)16(19)15(18)10-12/h5-10H,3-4,18-19H2,1-2H3. The molecule has 106 valence electrons. The van der Waals surface area contributed by atoms with Gasteiger partial charge >= 0.3 is 0 Å². The first kappa shape index (κ1) is 14.2. The van der Waals surface area contributed by atoms with Crippen molar-refractivity contribution in [2.45, 2.75) is 13.8 Å². The zero-order chi connectivity index (χ0) is 14.7. The van der Waals surface area contributed by atoms with Gasteiger partial charge in [0, 0.05) is 18.8 Å². The predicted octanol–water partition coefficient (Wildman–Crippen LogP) is 3.50. The van der Waals surface area contributed by atoms with E-state index in [1.54, 1.807) is 6.07 Å². The van der Waals surface area contributed by atoms with Crippen LogP contribution in [-0.4, -0.2) is 13.1 Å². The van der Waals surface area contributed by atoms with E-state index in [0.29, 0.717) is 0 Å². The monoisotopic (exact) mass is 273 g/mol. The normalized spacial score (nSPS) is 10.6. The van der Waals surface area contributed by atoms with E-state index in [4.69, 9.17) is 11.5 Å². The van der Waals surface area contributed by atoms with Gasteiger partial charge in [0.25, 0.3) is 0 Å². The summed E-state index contributed by atoms with van der Waals surface area (Å²) < 4.78 is 13.6. The Labute approximate surface area is 119 Å². The second kappa shape index (κ2) is 5.82. The van der Waals surface area contributed by atoms with Crippen LogP contribution in [0, 0.1) is 5.82 Å². The summed E-state index contributed by atoms with van der Waals surface area (Å²) in [4.78, 5) is 2.25. The summed E-state index contributed by atoms with van der Waals surface area (Å²) in [6, 6.07) is 11.1. The number of nitrogen functional groups attached to an aromatic ring is 2. The maximum atomic E-state index is 13.6. The van der Waals surface area contributed by atoms with Crippen molar-refractivity contribution in [2.75, 3.05) is 29.5 Å². The van der Waals surface area contributed by atoms with Gasteiger partial charge in [0.1, 0.15) is 5.82 Å². The second-order valence-corrected chi connectivity index (χ2v) is 4.68. The smallest absolute Gasteiger partial charge is 0.148 e. The van der Waals surface area contributed by atoms with Gasteiger partial charge in [0.2, 0.25) is 0 Å². The van der Waals surface area contributed by atoms with Gasteiger partial charge in [-0.1, -0.05) is 12.1 Å². The minimum absolute atomic E-state index is 0.00788. The molecule has 0 aliphatic rings. The van der Waals surface area contributed by atoms with Crippen molar-refractivity contribution in [3.63, 3.8) is 0 Å². The van der Waals surface area contributed by atoms with Crippen molar-refractivity contribution in [3.8, 4) is 11.1 Å². The van der Waals surface area contributed by atoms with Crippen LogP contribution in [0.2, 0.25) is 0 Å². The molecule has 0 bridgehead atoms. The van der Waals surface area contributed by atoms with E-state index in [0.717, 1.165) is 29.9 Å². The van der Waals surface area contributed by atoms with Crippen molar-refractivity contribution < 1.29 is 4.39 Å². The minimum atomic E-state index is -0.479. The van der Waals surface area contributed by atoms with Crippen molar-refractivity contribution in [2.24, 2.45) is 0 Å². The molecule has 20 heavy (non-hydrogen) atoms. The molecular formula is C16H20FN3. The number of anilines is 3.